The number of aromatic nitrogens is 2. The Balaban J connectivity index is 0.000000416. The third-order valence-corrected chi connectivity index (χ3v) is 4.47. The van der Waals surface area contributed by atoms with Gasteiger partial charge in [0.2, 0.25) is 0 Å². The summed E-state index contributed by atoms with van der Waals surface area (Å²) in [5.74, 6) is -1.73. The molecule has 0 aliphatic heterocycles. The lowest BCUT2D eigenvalue weighted by Crippen LogP contribution is -2.02. The number of aryl methyl sites for hydroxylation is 1. The molecule has 0 fully saturated rings. The van der Waals surface area contributed by atoms with Crippen molar-refractivity contribution in [3.05, 3.63) is 53.6 Å². The number of carboxylic acids is 2. The van der Waals surface area contributed by atoms with Crippen molar-refractivity contribution >= 4 is 23.7 Å². The first-order valence-electron chi connectivity index (χ1n) is 8.16. The molecule has 10 heteroatoms. The van der Waals surface area contributed by atoms with E-state index in [0.29, 0.717) is 24.3 Å². The zero-order chi connectivity index (χ0) is 20.9. The first-order valence-corrected chi connectivity index (χ1v) is 9.04. The first kappa shape index (κ1) is 22.9. The molecule has 148 valence electrons. The zero-order valence-electron chi connectivity index (χ0n) is 15.1. The molecule has 2 rings (SSSR count). The van der Waals surface area contributed by atoms with Gasteiger partial charge in [0.25, 0.3) is 0 Å². The minimum atomic E-state index is -1.26. The van der Waals surface area contributed by atoms with E-state index < -0.39 is 11.9 Å². The van der Waals surface area contributed by atoms with Gasteiger partial charge in [0, 0.05) is 23.9 Å². The molecule has 2 heterocycles. The van der Waals surface area contributed by atoms with Crippen LogP contribution < -0.4 is 5.73 Å². The molecule has 1 unspecified atom stereocenters. The number of nitriles is 1. The number of nitrogens with two attached hydrogens (primary N) is 1. The van der Waals surface area contributed by atoms with Crippen LogP contribution in [0.5, 0.6) is 0 Å². The summed E-state index contributed by atoms with van der Waals surface area (Å²) in [4.78, 5) is 23.6. The zero-order valence-corrected chi connectivity index (χ0v) is 15.9. The first-order chi connectivity index (χ1) is 13.4. The smallest absolute Gasteiger partial charge is 0.328 e. The number of rotatable bonds is 8. The van der Waals surface area contributed by atoms with Crippen LogP contribution >= 0.6 is 11.8 Å². The van der Waals surface area contributed by atoms with E-state index in [2.05, 4.69) is 16.2 Å². The fourth-order valence-electron chi connectivity index (χ4n) is 1.94. The van der Waals surface area contributed by atoms with E-state index >= 15 is 0 Å². The van der Waals surface area contributed by atoms with Crippen LogP contribution in [0.15, 0.2) is 46.1 Å². The van der Waals surface area contributed by atoms with E-state index in [-0.39, 0.29) is 5.25 Å². The second-order valence-corrected chi connectivity index (χ2v) is 6.57. The van der Waals surface area contributed by atoms with E-state index in [0.717, 1.165) is 29.3 Å². The van der Waals surface area contributed by atoms with E-state index in [1.165, 1.54) is 11.8 Å². The molecule has 0 saturated heterocycles. The van der Waals surface area contributed by atoms with Crippen LogP contribution in [-0.2, 0) is 9.59 Å². The van der Waals surface area contributed by atoms with Crippen molar-refractivity contribution in [2.45, 2.75) is 30.0 Å². The average molecular weight is 404 g/mol. The summed E-state index contributed by atoms with van der Waals surface area (Å²) in [6, 6.07) is 7.65. The number of hydrogen-bond donors (Lipinski definition) is 3. The van der Waals surface area contributed by atoms with Gasteiger partial charge in [0.05, 0.1) is 17.0 Å². The van der Waals surface area contributed by atoms with Crippen LogP contribution in [0.25, 0.3) is 0 Å². The summed E-state index contributed by atoms with van der Waals surface area (Å²) in [5, 5.41) is 29.3. The van der Waals surface area contributed by atoms with Gasteiger partial charge in [0.1, 0.15) is 16.9 Å². The summed E-state index contributed by atoms with van der Waals surface area (Å²) >= 11 is 1.53. The van der Waals surface area contributed by atoms with E-state index in [1.54, 1.807) is 12.3 Å². The van der Waals surface area contributed by atoms with Gasteiger partial charge in [0.15, 0.2) is 0 Å². The molecule has 28 heavy (non-hydrogen) atoms. The second kappa shape index (κ2) is 12.3. The lowest BCUT2D eigenvalue weighted by atomic mass is 10.2. The third-order valence-electron chi connectivity index (χ3n) is 3.19. The number of nitrogens with zero attached hydrogens (tertiary/aromatic N) is 3. The predicted molar refractivity (Wildman–Crippen MR) is 101 cm³/mol. The Morgan fingerprint density at radius 3 is 2.50 bits per heavy atom. The Morgan fingerprint density at radius 1 is 1.32 bits per heavy atom. The van der Waals surface area contributed by atoms with Crippen LogP contribution in [0.4, 0.5) is 0 Å². The normalized spacial score (nSPS) is 11.3. The van der Waals surface area contributed by atoms with Crippen molar-refractivity contribution in [2.75, 3.05) is 6.54 Å². The van der Waals surface area contributed by atoms with Gasteiger partial charge in [-0.15, -0.1) is 0 Å². The molecule has 4 N–H and O–H groups in total. The van der Waals surface area contributed by atoms with Gasteiger partial charge < -0.3 is 20.5 Å². The van der Waals surface area contributed by atoms with Crippen molar-refractivity contribution in [1.82, 2.24) is 10.1 Å². The minimum Gasteiger partial charge on any atom is -0.478 e. The van der Waals surface area contributed by atoms with Crippen LogP contribution in [0, 0.1) is 18.3 Å². The van der Waals surface area contributed by atoms with Crippen LogP contribution in [-0.4, -0.2) is 38.8 Å². The fraction of sp³-hybridized carbons (Fsp3) is 0.278. The highest BCUT2D eigenvalue weighted by Crippen LogP contribution is 2.38. The summed E-state index contributed by atoms with van der Waals surface area (Å²) < 4.78 is 5.25. The lowest BCUT2D eigenvalue weighted by Gasteiger charge is -2.13. The number of carbonyl (C=O) groups is 2. The van der Waals surface area contributed by atoms with Gasteiger partial charge in [-0.05, 0) is 38.4 Å². The van der Waals surface area contributed by atoms with Crippen molar-refractivity contribution in [2.24, 2.45) is 5.73 Å². The van der Waals surface area contributed by atoms with E-state index in [4.69, 9.17) is 25.7 Å². The number of pyridine rings is 1. The molecule has 0 spiro atoms. The van der Waals surface area contributed by atoms with Crippen molar-refractivity contribution in [3.63, 3.8) is 0 Å². The number of hydrogen-bond acceptors (Lipinski definition) is 8. The molecule has 9 nitrogen and oxygen atoms in total. The number of aliphatic carboxylic acids is 2. The van der Waals surface area contributed by atoms with E-state index in [1.807, 2.05) is 19.1 Å². The van der Waals surface area contributed by atoms with Crippen molar-refractivity contribution in [1.29, 1.82) is 5.26 Å². The lowest BCUT2D eigenvalue weighted by molar-refractivity contribution is -0.134. The molecule has 0 bridgehead atoms. The van der Waals surface area contributed by atoms with Crippen molar-refractivity contribution < 1.29 is 24.3 Å². The number of carboxylic acid groups (broad SMARTS) is 2. The Kier molecular flexibility index (Phi) is 10.0. The molecule has 0 aliphatic rings. The Bertz CT molecular complexity index is 830. The minimum absolute atomic E-state index is 0.0717. The average Bonchev–Trinajstić information content (AvgIpc) is 3.19. The van der Waals surface area contributed by atoms with E-state index in [9.17, 15) is 9.59 Å². The maximum absolute atomic E-state index is 9.55. The van der Waals surface area contributed by atoms with Gasteiger partial charge in [-0.25, -0.2) is 14.6 Å². The molecule has 0 saturated carbocycles. The summed E-state index contributed by atoms with van der Waals surface area (Å²) in [6.45, 7) is 2.53. The SMILES string of the molecule is Cc1ccc(C#N)c(SC(CCCN)c2ccno2)n1.O=C(O)/C=C/C(=O)O. The highest BCUT2D eigenvalue weighted by molar-refractivity contribution is 7.99. The predicted octanol–water partition coefficient (Wildman–Crippen LogP) is 2.53. The van der Waals surface area contributed by atoms with Crippen LogP contribution in [0.1, 0.15) is 35.1 Å². The second-order valence-electron chi connectivity index (χ2n) is 5.38. The third kappa shape index (κ3) is 8.48. The van der Waals surface area contributed by atoms with Gasteiger partial charge in [-0.3, -0.25) is 0 Å². The maximum atomic E-state index is 9.55. The topological polar surface area (TPSA) is 163 Å². The van der Waals surface area contributed by atoms with Crippen LogP contribution in [0.3, 0.4) is 0 Å². The molecular formula is C18H20N4O5S. The molecule has 0 radical (unpaired) electrons. The monoisotopic (exact) mass is 404 g/mol. The molecule has 2 aromatic rings. The highest BCUT2D eigenvalue weighted by Gasteiger charge is 2.19. The summed E-state index contributed by atoms with van der Waals surface area (Å²) in [6.07, 6.45) is 4.48. The van der Waals surface area contributed by atoms with Gasteiger partial charge >= 0.3 is 11.9 Å². The highest BCUT2D eigenvalue weighted by atomic mass is 32.2. The molecule has 0 aliphatic carbocycles. The van der Waals surface area contributed by atoms with Gasteiger partial charge in [-0.2, -0.15) is 5.26 Å². The fourth-order valence-corrected chi connectivity index (χ4v) is 3.17. The van der Waals surface area contributed by atoms with Crippen molar-refractivity contribution in [3.8, 4) is 6.07 Å². The van der Waals surface area contributed by atoms with Gasteiger partial charge in [-0.1, -0.05) is 16.9 Å². The molecular weight excluding hydrogens is 384 g/mol. The molecule has 0 aromatic carbocycles. The Hall–Kier alpha value is -3.16. The molecule has 0 amide bonds. The standard InChI is InChI=1S/C14H16N4OS.C4H4O4/c1-10-4-5-11(9-16)14(18-10)20-13(3-2-7-15)12-6-8-17-19-12;5-3(6)1-2-4(7)8/h4-6,8,13H,2-3,7,15H2,1H3;1-2H,(H,5,6)(H,7,8)/b;2-1+. The quantitative estimate of drug-likeness (QED) is 0.440. The largest absolute Gasteiger partial charge is 0.478 e. The molecule has 2 aromatic heterocycles. The maximum Gasteiger partial charge on any atom is 0.328 e. The summed E-state index contributed by atoms with van der Waals surface area (Å²) in [7, 11) is 0. The Labute approximate surface area is 165 Å². The molecule has 1 atom stereocenters. The van der Waals surface area contributed by atoms with Crippen LogP contribution in [0.2, 0.25) is 0 Å². The Morgan fingerprint density at radius 2 is 2.00 bits per heavy atom. The summed E-state index contributed by atoms with van der Waals surface area (Å²) in [5.41, 5.74) is 7.05. The number of thioether (sulfide) groups is 1.